The second-order valence-electron chi connectivity index (χ2n) is 8.29. The van der Waals surface area contributed by atoms with Gasteiger partial charge in [-0.05, 0) is 37.1 Å². The molecule has 2 aliphatic rings. The average Bonchev–Trinajstić information content (AvgIpc) is 3.24. The number of nitrogens with zero attached hydrogens (tertiary/aromatic N) is 3. The fourth-order valence-electron chi connectivity index (χ4n) is 4.78. The van der Waals surface area contributed by atoms with Gasteiger partial charge in [0.2, 0.25) is 5.91 Å². The highest BCUT2D eigenvalue weighted by Gasteiger charge is 2.38. The fraction of sp³-hybridized carbons (Fsp3) is 0.458. The second-order valence-corrected chi connectivity index (χ2v) is 8.29. The summed E-state index contributed by atoms with van der Waals surface area (Å²) in [6, 6.07) is 21.0. The van der Waals surface area contributed by atoms with E-state index in [1.165, 1.54) is 11.3 Å². The number of likely N-dealkylation sites (tertiary alicyclic amines) is 1. The molecule has 2 heterocycles. The number of amides is 1. The largest absolute Gasteiger partial charge is 0.368 e. The number of hydrogen-bond acceptors (Lipinski definition) is 4. The van der Waals surface area contributed by atoms with Crippen LogP contribution in [0.5, 0.6) is 0 Å². The molecule has 0 saturated carbocycles. The van der Waals surface area contributed by atoms with E-state index < -0.39 is 0 Å². The van der Waals surface area contributed by atoms with Gasteiger partial charge >= 0.3 is 0 Å². The summed E-state index contributed by atoms with van der Waals surface area (Å²) in [4.78, 5) is 19.9. The number of anilines is 1. The van der Waals surface area contributed by atoms with E-state index in [-0.39, 0.29) is 11.9 Å². The summed E-state index contributed by atoms with van der Waals surface area (Å²) in [6.45, 7) is 7.87. The second kappa shape index (κ2) is 8.97. The molecule has 154 valence electrons. The third-order valence-corrected chi connectivity index (χ3v) is 6.62. The lowest BCUT2D eigenvalue weighted by atomic mass is 9.89. The van der Waals surface area contributed by atoms with Crippen molar-refractivity contribution in [3.8, 4) is 0 Å². The van der Waals surface area contributed by atoms with Gasteiger partial charge in [-0.15, -0.1) is 0 Å². The van der Waals surface area contributed by atoms with Crippen LogP contribution >= 0.6 is 0 Å². The predicted octanol–water partition coefficient (Wildman–Crippen LogP) is 2.40. The minimum Gasteiger partial charge on any atom is -0.368 e. The van der Waals surface area contributed by atoms with Crippen LogP contribution in [-0.4, -0.2) is 67.6 Å². The lowest BCUT2D eigenvalue weighted by Crippen LogP contribution is -2.54. The SMILES string of the molecule is CC(C(=O)N1CCN(c2ccccc2)CC1)N1C[C@@H](CN)[C@H](c2ccccc2)C1. The van der Waals surface area contributed by atoms with Crippen molar-refractivity contribution in [3.63, 3.8) is 0 Å². The molecule has 2 aromatic carbocycles. The number of nitrogens with two attached hydrogens (primary N) is 1. The first-order valence-corrected chi connectivity index (χ1v) is 10.7. The zero-order valence-corrected chi connectivity index (χ0v) is 17.3. The van der Waals surface area contributed by atoms with Gasteiger partial charge in [-0.2, -0.15) is 0 Å². The zero-order chi connectivity index (χ0) is 20.2. The van der Waals surface area contributed by atoms with Gasteiger partial charge in [-0.1, -0.05) is 48.5 Å². The Balaban J connectivity index is 1.36. The molecule has 1 unspecified atom stereocenters. The Labute approximate surface area is 174 Å². The first kappa shape index (κ1) is 19.9. The molecule has 2 fully saturated rings. The standard InChI is InChI=1S/C24H32N4O/c1-19(28-17-21(16-25)23(18-28)20-8-4-2-5-9-20)24(29)27-14-12-26(13-15-27)22-10-6-3-7-11-22/h2-11,19,21,23H,12-18,25H2,1H3/t19?,21-,23+/m1/s1. The quantitative estimate of drug-likeness (QED) is 0.849. The Morgan fingerprint density at radius 2 is 1.59 bits per heavy atom. The molecule has 3 atom stereocenters. The Morgan fingerprint density at radius 1 is 0.966 bits per heavy atom. The van der Waals surface area contributed by atoms with Gasteiger partial charge in [0.05, 0.1) is 6.04 Å². The Morgan fingerprint density at radius 3 is 2.21 bits per heavy atom. The van der Waals surface area contributed by atoms with E-state index in [4.69, 9.17) is 5.73 Å². The summed E-state index contributed by atoms with van der Waals surface area (Å²) < 4.78 is 0. The predicted molar refractivity (Wildman–Crippen MR) is 118 cm³/mol. The maximum Gasteiger partial charge on any atom is 0.239 e. The molecule has 0 aliphatic carbocycles. The topological polar surface area (TPSA) is 52.8 Å². The van der Waals surface area contributed by atoms with Gasteiger partial charge in [-0.3, -0.25) is 9.69 Å². The molecule has 2 aromatic rings. The van der Waals surface area contributed by atoms with E-state index in [2.05, 4.69) is 71.3 Å². The first-order chi connectivity index (χ1) is 14.2. The third-order valence-electron chi connectivity index (χ3n) is 6.62. The Bertz CT molecular complexity index is 789. The van der Waals surface area contributed by atoms with Crippen molar-refractivity contribution in [1.29, 1.82) is 0 Å². The molecule has 4 rings (SSSR count). The van der Waals surface area contributed by atoms with Crippen LogP contribution < -0.4 is 10.6 Å². The summed E-state index contributed by atoms with van der Waals surface area (Å²) in [5.74, 6) is 1.07. The lowest BCUT2D eigenvalue weighted by molar-refractivity contribution is -0.136. The van der Waals surface area contributed by atoms with Gasteiger partial charge in [0.25, 0.3) is 0 Å². The molecule has 2 N–H and O–H groups in total. The van der Waals surface area contributed by atoms with Crippen molar-refractivity contribution in [3.05, 3.63) is 66.2 Å². The normalized spacial score (nSPS) is 23.9. The fourth-order valence-corrected chi connectivity index (χ4v) is 4.78. The molecule has 2 saturated heterocycles. The van der Waals surface area contributed by atoms with Gasteiger partial charge in [-0.25, -0.2) is 0 Å². The zero-order valence-electron chi connectivity index (χ0n) is 17.3. The molecular formula is C24H32N4O. The number of carbonyl (C=O) groups is 1. The molecule has 5 heteroatoms. The van der Waals surface area contributed by atoms with Gasteiger partial charge < -0.3 is 15.5 Å². The van der Waals surface area contributed by atoms with Crippen LogP contribution in [0.25, 0.3) is 0 Å². The van der Waals surface area contributed by atoms with Gasteiger partial charge in [0, 0.05) is 50.9 Å². The summed E-state index contributed by atoms with van der Waals surface area (Å²) in [5.41, 5.74) is 8.66. The minimum absolute atomic E-state index is 0.0963. The van der Waals surface area contributed by atoms with E-state index in [0.29, 0.717) is 18.4 Å². The van der Waals surface area contributed by atoms with Crippen LogP contribution in [0.15, 0.2) is 60.7 Å². The van der Waals surface area contributed by atoms with Crippen LogP contribution in [-0.2, 0) is 4.79 Å². The van der Waals surface area contributed by atoms with Gasteiger partial charge in [0.15, 0.2) is 0 Å². The van der Waals surface area contributed by atoms with E-state index >= 15 is 0 Å². The van der Waals surface area contributed by atoms with Crippen LogP contribution in [0.3, 0.4) is 0 Å². The number of benzene rings is 2. The number of hydrogen-bond donors (Lipinski definition) is 1. The van der Waals surface area contributed by atoms with E-state index in [9.17, 15) is 4.79 Å². The molecule has 29 heavy (non-hydrogen) atoms. The van der Waals surface area contributed by atoms with Crippen molar-refractivity contribution in [2.75, 3.05) is 50.7 Å². The lowest BCUT2D eigenvalue weighted by Gasteiger charge is -2.38. The average molecular weight is 393 g/mol. The van der Waals surface area contributed by atoms with Crippen molar-refractivity contribution in [1.82, 2.24) is 9.80 Å². The van der Waals surface area contributed by atoms with E-state index in [1.807, 2.05) is 11.0 Å². The molecule has 1 amide bonds. The third kappa shape index (κ3) is 4.31. The highest BCUT2D eigenvalue weighted by molar-refractivity contribution is 5.82. The number of para-hydroxylation sites is 1. The van der Waals surface area contributed by atoms with Crippen LogP contribution in [0.2, 0.25) is 0 Å². The first-order valence-electron chi connectivity index (χ1n) is 10.7. The maximum atomic E-state index is 13.2. The number of piperazine rings is 1. The summed E-state index contributed by atoms with van der Waals surface area (Å²) in [7, 11) is 0. The van der Waals surface area contributed by atoms with Crippen molar-refractivity contribution in [2.45, 2.75) is 18.9 Å². The molecule has 0 radical (unpaired) electrons. The van der Waals surface area contributed by atoms with E-state index in [0.717, 1.165) is 39.3 Å². The van der Waals surface area contributed by atoms with Crippen molar-refractivity contribution >= 4 is 11.6 Å². The Kier molecular flexibility index (Phi) is 6.16. The smallest absolute Gasteiger partial charge is 0.239 e. The van der Waals surface area contributed by atoms with Crippen molar-refractivity contribution in [2.24, 2.45) is 11.7 Å². The molecule has 0 bridgehead atoms. The minimum atomic E-state index is -0.0963. The number of carbonyl (C=O) groups excluding carboxylic acids is 1. The summed E-state index contributed by atoms with van der Waals surface area (Å²) in [6.07, 6.45) is 0. The number of rotatable bonds is 5. The highest BCUT2D eigenvalue weighted by atomic mass is 16.2. The summed E-state index contributed by atoms with van der Waals surface area (Å²) >= 11 is 0. The molecular weight excluding hydrogens is 360 g/mol. The van der Waals surface area contributed by atoms with Crippen LogP contribution in [0, 0.1) is 5.92 Å². The molecule has 0 aromatic heterocycles. The Hall–Kier alpha value is -2.37. The summed E-state index contributed by atoms with van der Waals surface area (Å²) in [5, 5.41) is 0. The molecule has 2 aliphatic heterocycles. The van der Waals surface area contributed by atoms with Crippen LogP contribution in [0.4, 0.5) is 5.69 Å². The van der Waals surface area contributed by atoms with E-state index in [1.54, 1.807) is 0 Å². The monoisotopic (exact) mass is 392 g/mol. The molecule has 5 nitrogen and oxygen atoms in total. The van der Waals surface area contributed by atoms with Gasteiger partial charge in [0.1, 0.15) is 0 Å². The van der Waals surface area contributed by atoms with Crippen LogP contribution in [0.1, 0.15) is 18.4 Å². The van der Waals surface area contributed by atoms with Crippen molar-refractivity contribution < 1.29 is 4.79 Å². The highest BCUT2D eigenvalue weighted by Crippen LogP contribution is 2.33. The maximum absolute atomic E-state index is 13.2. The molecule has 0 spiro atoms.